The SMILES string of the molecule is CC(=O)Nc1nc2c(s1)-c1ncncc1CC2. The van der Waals surface area contributed by atoms with Gasteiger partial charge in [0.2, 0.25) is 5.91 Å². The molecule has 3 rings (SSSR count). The van der Waals surface area contributed by atoms with E-state index in [1.54, 1.807) is 6.33 Å². The van der Waals surface area contributed by atoms with Gasteiger partial charge in [-0.25, -0.2) is 15.0 Å². The molecular formula is C11H10N4OS. The maximum atomic E-state index is 11.0. The monoisotopic (exact) mass is 246 g/mol. The fourth-order valence-corrected chi connectivity index (χ4v) is 3.00. The third-order valence-electron chi connectivity index (χ3n) is 2.61. The van der Waals surface area contributed by atoms with E-state index in [0.717, 1.165) is 34.7 Å². The average molecular weight is 246 g/mol. The van der Waals surface area contributed by atoms with Crippen LogP contribution < -0.4 is 5.32 Å². The lowest BCUT2D eigenvalue weighted by atomic mass is 10.00. The van der Waals surface area contributed by atoms with Gasteiger partial charge in [0.15, 0.2) is 5.13 Å². The van der Waals surface area contributed by atoms with E-state index >= 15 is 0 Å². The smallest absolute Gasteiger partial charge is 0.223 e. The number of hydrogen-bond acceptors (Lipinski definition) is 5. The van der Waals surface area contributed by atoms with Gasteiger partial charge in [-0.1, -0.05) is 11.3 Å². The van der Waals surface area contributed by atoms with Gasteiger partial charge in [-0.2, -0.15) is 0 Å². The number of anilines is 1. The van der Waals surface area contributed by atoms with Crippen LogP contribution in [0.25, 0.3) is 10.6 Å². The lowest BCUT2D eigenvalue weighted by Crippen LogP contribution is -2.06. The fourth-order valence-electron chi connectivity index (χ4n) is 1.91. The van der Waals surface area contributed by atoms with Gasteiger partial charge in [-0.05, 0) is 18.4 Å². The summed E-state index contributed by atoms with van der Waals surface area (Å²) in [6.07, 6.45) is 5.19. The lowest BCUT2D eigenvalue weighted by molar-refractivity contribution is -0.114. The first kappa shape index (κ1) is 10.3. The summed E-state index contributed by atoms with van der Waals surface area (Å²) in [5.74, 6) is -0.0981. The summed E-state index contributed by atoms with van der Waals surface area (Å²) in [5.41, 5.74) is 3.12. The molecule has 1 aliphatic rings. The van der Waals surface area contributed by atoms with Crippen molar-refractivity contribution in [1.82, 2.24) is 15.0 Å². The molecule has 2 aromatic rings. The Morgan fingerprint density at radius 3 is 3.18 bits per heavy atom. The van der Waals surface area contributed by atoms with Gasteiger partial charge in [0.1, 0.15) is 6.33 Å². The van der Waals surface area contributed by atoms with Crippen LogP contribution in [0.2, 0.25) is 0 Å². The molecule has 86 valence electrons. The number of nitrogens with zero attached hydrogens (tertiary/aromatic N) is 3. The molecule has 6 heteroatoms. The van der Waals surface area contributed by atoms with Crippen LogP contribution in [-0.2, 0) is 17.6 Å². The van der Waals surface area contributed by atoms with E-state index < -0.39 is 0 Å². The van der Waals surface area contributed by atoms with Crippen LogP contribution in [-0.4, -0.2) is 20.9 Å². The minimum absolute atomic E-state index is 0.0981. The zero-order valence-corrected chi connectivity index (χ0v) is 10.0. The standard InChI is InChI=1S/C11H10N4OS/c1-6(16)14-11-15-8-3-2-7-4-12-5-13-9(7)10(8)17-11/h4-5H,2-3H2,1H3,(H,14,15,16). The topological polar surface area (TPSA) is 67.8 Å². The van der Waals surface area contributed by atoms with Crippen molar-refractivity contribution in [2.24, 2.45) is 0 Å². The summed E-state index contributed by atoms with van der Waals surface area (Å²) < 4.78 is 0. The van der Waals surface area contributed by atoms with Crippen molar-refractivity contribution in [2.45, 2.75) is 19.8 Å². The molecular weight excluding hydrogens is 236 g/mol. The van der Waals surface area contributed by atoms with Crippen LogP contribution in [0.4, 0.5) is 5.13 Å². The first-order chi connectivity index (χ1) is 8.24. The Hall–Kier alpha value is -1.82. The molecule has 0 unspecified atom stereocenters. The number of amides is 1. The number of thiazole rings is 1. The predicted octanol–water partition coefficient (Wildman–Crippen LogP) is 1.66. The van der Waals surface area contributed by atoms with Crippen molar-refractivity contribution in [1.29, 1.82) is 0 Å². The molecule has 1 amide bonds. The van der Waals surface area contributed by atoms with E-state index in [0.29, 0.717) is 5.13 Å². The Balaban J connectivity index is 2.07. The first-order valence-electron chi connectivity index (χ1n) is 5.30. The number of nitrogens with one attached hydrogen (secondary N) is 1. The summed E-state index contributed by atoms with van der Waals surface area (Å²) in [5, 5.41) is 3.37. The average Bonchev–Trinajstić information content (AvgIpc) is 2.70. The van der Waals surface area contributed by atoms with Gasteiger partial charge in [-0.3, -0.25) is 4.79 Å². The molecule has 0 bridgehead atoms. The van der Waals surface area contributed by atoms with E-state index in [1.807, 2.05) is 6.20 Å². The summed E-state index contributed by atoms with van der Waals surface area (Å²) >= 11 is 1.47. The van der Waals surface area contributed by atoms with Crippen LogP contribution in [0.1, 0.15) is 18.2 Å². The largest absolute Gasteiger partial charge is 0.302 e. The van der Waals surface area contributed by atoms with Crippen molar-refractivity contribution in [3.63, 3.8) is 0 Å². The number of aryl methyl sites for hydroxylation is 2. The number of carbonyl (C=O) groups excluding carboxylic acids is 1. The molecule has 2 heterocycles. The Bertz CT molecular complexity index is 593. The summed E-state index contributed by atoms with van der Waals surface area (Å²) in [6.45, 7) is 1.48. The Morgan fingerprint density at radius 2 is 2.35 bits per heavy atom. The molecule has 2 aromatic heterocycles. The van der Waals surface area contributed by atoms with Crippen molar-refractivity contribution in [3.8, 4) is 10.6 Å². The van der Waals surface area contributed by atoms with Crippen LogP contribution in [0.3, 0.4) is 0 Å². The zero-order valence-electron chi connectivity index (χ0n) is 9.23. The Morgan fingerprint density at radius 1 is 1.47 bits per heavy atom. The van der Waals surface area contributed by atoms with Crippen LogP contribution >= 0.6 is 11.3 Å². The number of hydrogen-bond donors (Lipinski definition) is 1. The molecule has 0 saturated carbocycles. The van der Waals surface area contributed by atoms with Crippen molar-refractivity contribution in [3.05, 3.63) is 23.8 Å². The van der Waals surface area contributed by atoms with E-state index in [4.69, 9.17) is 0 Å². The maximum absolute atomic E-state index is 11.0. The summed E-state index contributed by atoms with van der Waals surface area (Å²) in [6, 6.07) is 0. The van der Waals surface area contributed by atoms with Gasteiger partial charge >= 0.3 is 0 Å². The highest BCUT2D eigenvalue weighted by atomic mass is 32.1. The quantitative estimate of drug-likeness (QED) is 0.830. The van der Waals surface area contributed by atoms with Gasteiger partial charge in [0.05, 0.1) is 16.3 Å². The lowest BCUT2D eigenvalue weighted by Gasteiger charge is -2.11. The number of fused-ring (bicyclic) bond motifs is 3. The van der Waals surface area contributed by atoms with Crippen molar-refractivity contribution in [2.75, 3.05) is 5.32 Å². The first-order valence-corrected chi connectivity index (χ1v) is 6.12. The molecule has 0 saturated heterocycles. The number of aromatic nitrogens is 3. The minimum Gasteiger partial charge on any atom is -0.302 e. The highest BCUT2D eigenvalue weighted by Crippen LogP contribution is 2.37. The van der Waals surface area contributed by atoms with E-state index in [2.05, 4.69) is 20.3 Å². The van der Waals surface area contributed by atoms with E-state index in [1.165, 1.54) is 18.3 Å². The summed E-state index contributed by atoms with van der Waals surface area (Å²) in [4.78, 5) is 24.8. The molecule has 17 heavy (non-hydrogen) atoms. The van der Waals surface area contributed by atoms with Crippen molar-refractivity contribution >= 4 is 22.4 Å². The van der Waals surface area contributed by atoms with Crippen LogP contribution in [0.5, 0.6) is 0 Å². The molecule has 1 aliphatic carbocycles. The van der Waals surface area contributed by atoms with Crippen LogP contribution in [0.15, 0.2) is 12.5 Å². The van der Waals surface area contributed by atoms with E-state index in [9.17, 15) is 4.79 Å². The van der Waals surface area contributed by atoms with Crippen LogP contribution in [0, 0.1) is 0 Å². The Labute approximate surface area is 102 Å². The molecule has 0 fully saturated rings. The number of carbonyl (C=O) groups is 1. The number of rotatable bonds is 1. The maximum Gasteiger partial charge on any atom is 0.223 e. The third-order valence-corrected chi connectivity index (χ3v) is 3.63. The van der Waals surface area contributed by atoms with Gasteiger partial charge < -0.3 is 5.32 Å². The zero-order chi connectivity index (χ0) is 11.8. The second-order valence-corrected chi connectivity index (χ2v) is 4.87. The molecule has 0 radical (unpaired) electrons. The fraction of sp³-hybridized carbons (Fsp3) is 0.273. The molecule has 1 N–H and O–H groups in total. The predicted molar refractivity (Wildman–Crippen MR) is 64.9 cm³/mol. The van der Waals surface area contributed by atoms with Crippen molar-refractivity contribution < 1.29 is 4.79 Å². The minimum atomic E-state index is -0.0981. The summed E-state index contributed by atoms with van der Waals surface area (Å²) in [7, 11) is 0. The van der Waals surface area contributed by atoms with E-state index in [-0.39, 0.29) is 5.91 Å². The normalized spacial score (nSPS) is 12.8. The van der Waals surface area contributed by atoms with Gasteiger partial charge in [0.25, 0.3) is 0 Å². The van der Waals surface area contributed by atoms with Gasteiger partial charge in [0, 0.05) is 13.1 Å². The molecule has 0 aliphatic heterocycles. The molecule has 0 aromatic carbocycles. The highest BCUT2D eigenvalue weighted by Gasteiger charge is 2.22. The molecule has 0 spiro atoms. The molecule has 0 atom stereocenters. The molecule has 5 nitrogen and oxygen atoms in total. The highest BCUT2D eigenvalue weighted by molar-refractivity contribution is 7.19. The Kier molecular flexibility index (Phi) is 2.36. The second-order valence-electron chi connectivity index (χ2n) is 3.87. The third kappa shape index (κ3) is 1.80. The van der Waals surface area contributed by atoms with Gasteiger partial charge in [-0.15, -0.1) is 0 Å². The second kappa shape index (κ2) is 3.89.